The normalized spacial score (nSPS) is 11.2. The summed E-state index contributed by atoms with van der Waals surface area (Å²) < 4.78 is 39.9. The van der Waals surface area contributed by atoms with Crippen LogP contribution in [0.5, 0.6) is 0 Å². The zero-order valence-corrected chi connectivity index (χ0v) is 10.7. The fourth-order valence-electron chi connectivity index (χ4n) is 1.53. The first-order valence-electron chi connectivity index (χ1n) is 5.68. The average Bonchev–Trinajstić information content (AvgIpc) is 2.36. The maximum atomic E-state index is 11.8. The summed E-state index contributed by atoms with van der Waals surface area (Å²) in [6.07, 6.45) is -4.38. The highest BCUT2D eigenvalue weighted by Gasteiger charge is 2.27. The molecule has 1 aromatic rings. The van der Waals surface area contributed by atoms with Crippen LogP contribution in [0.1, 0.15) is 0 Å². The monoisotopic (exact) mass is 293 g/mol. The number of nitro groups is 1. The zero-order valence-electron chi connectivity index (χ0n) is 10.7. The number of rotatable bonds is 7. The summed E-state index contributed by atoms with van der Waals surface area (Å²) in [5.41, 5.74) is 0.375. The molecule has 1 rings (SSSR count). The van der Waals surface area contributed by atoms with Crippen molar-refractivity contribution in [2.24, 2.45) is 0 Å². The second-order valence-corrected chi connectivity index (χ2v) is 3.80. The second kappa shape index (κ2) is 6.94. The van der Waals surface area contributed by atoms with Gasteiger partial charge in [-0.3, -0.25) is 10.1 Å². The summed E-state index contributed by atoms with van der Waals surface area (Å²) >= 11 is 0. The Morgan fingerprint density at radius 1 is 1.35 bits per heavy atom. The number of halogens is 3. The van der Waals surface area contributed by atoms with Crippen molar-refractivity contribution in [3.8, 4) is 0 Å². The number of ether oxygens (including phenoxy) is 1. The molecule has 0 bridgehead atoms. The number of alkyl halides is 3. The van der Waals surface area contributed by atoms with Crippen molar-refractivity contribution in [1.82, 2.24) is 0 Å². The minimum Gasteiger partial charge on any atom is -0.382 e. The highest BCUT2D eigenvalue weighted by Crippen LogP contribution is 2.32. The Morgan fingerprint density at radius 3 is 2.55 bits per heavy atom. The van der Waals surface area contributed by atoms with E-state index >= 15 is 0 Å². The van der Waals surface area contributed by atoms with E-state index in [2.05, 4.69) is 15.4 Å². The Hall–Kier alpha value is -2.03. The Bertz CT molecular complexity index is 466. The molecule has 0 saturated heterocycles. The van der Waals surface area contributed by atoms with Crippen LogP contribution >= 0.6 is 0 Å². The van der Waals surface area contributed by atoms with Crippen molar-refractivity contribution in [2.75, 3.05) is 37.4 Å². The van der Waals surface area contributed by atoms with Gasteiger partial charge in [0.05, 0.1) is 11.5 Å². The summed E-state index contributed by atoms with van der Waals surface area (Å²) in [4.78, 5) is 10.4. The van der Waals surface area contributed by atoms with Crippen LogP contribution < -0.4 is 10.6 Å². The summed E-state index contributed by atoms with van der Waals surface area (Å²) in [5, 5.41) is 16.3. The molecule has 0 aliphatic rings. The van der Waals surface area contributed by atoms with E-state index in [0.29, 0.717) is 5.69 Å². The molecule has 0 atom stereocenters. The van der Waals surface area contributed by atoms with Crippen LogP contribution in [0.3, 0.4) is 0 Å². The quantitative estimate of drug-likeness (QED) is 0.459. The molecular weight excluding hydrogens is 279 g/mol. The van der Waals surface area contributed by atoms with Crippen molar-refractivity contribution in [3.63, 3.8) is 0 Å². The van der Waals surface area contributed by atoms with E-state index in [1.165, 1.54) is 12.1 Å². The molecule has 6 nitrogen and oxygen atoms in total. The van der Waals surface area contributed by atoms with Crippen molar-refractivity contribution < 1.29 is 22.8 Å². The van der Waals surface area contributed by atoms with Gasteiger partial charge in [0, 0.05) is 13.6 Å². The lowest BCUT2D eigenvalue weighted by atomic mass is 10.2. The van der Waals surface area contributed by atoms with Crippen LogP contribution in [0.25, 0.3) is 0 Å². The third-order valence-corrected chi connectivity index (χ3v) is 2.32. The lowest BCUT2D eigenvalue weighted by Gasteiger charge is -2.11. The van der Waals surface area contributed by atoms with E-state index in [-0.39, 0.29) is 24.5 Å². The molecule has 0 spiro atoms. The maximum Gasteiger partial charge on any atom is 0.411 e. The predicted octanol–water partition coefficient (Wildman–Crippen LogP) is 2.63. The van der Waals surface area contributed by atoms with E-state index in [4.69, 9.17) is 0 Å². The number of nitro benzene ring substituents is 1. The molecule has 0 saturated carbocycles. The van der Waals surface area contributed by atoms with Gasteiger partial charge in [-0.25, -0.2) is 0 Å². The van der Waals surface area contributed by atoms with Gasteiger partial charge < -0.3 is 15.4 Å². The molecule has 112 valence electrons. The van der Waals surface area contributed by atoms with Gasteiger partial charge in [0.1, 0.15) is 18.0 Å². The fraction of sp³-hybridized carbons (Fsp3) is 0.455. The van der Waals surface area contributed by atoms with Gasteiger partial charge in [-0.1, -0.05) is 6.07 Å². The van der Waals surface area contributed by atoms with Gasteiger partial charge in [0.2, 0.25) is 0 Å². The maximum absolute atomic E-state index is 11.8. The molecule has 0 radical (unpaired) electrons. The third kappa shape index (κ3) is 4.92. The standard InChI is InChI=1S/C11H14F3N3O3/c1-15-8-3-2-4-9(10(8)17(18)19)16-5-6-20-7-11(12,13)14/h2-4,15-16H,5-7H2,1H3. The van der Waals surface area contributed by atoms with Crippen molar-refractivity contribution in [2.45, 2.75) is 6.18 Å². The highest BCUT2D eigenvalue weighted by molar-refractivity contribution is 5.75. The second-order valence-electron chi connectivity index (χ2n) is 3.80. The van der Waals surface area contributed by atoms with Crippen LogP contribution in [0.2, 0.25) is 0 Å². The van der Waals surface area contributed by atoms with Crippen LogP contribution in [0, 0.1) is 10.1 Å². The number of benzene rings is 1. The summed E-state index contributed by atoms with van der Waals surface area (Å²) in [5.74, 6) is 0. The largest absolute Gasteiger partial charge is 0.411 e. The van der Waals surface area contributed by atoms with Crippen LogP contribution in [-0.4, -0.2) is 37.9 Å². The molecule has 1 aromatic carbocycles. The summed E-state index contributed by atoms with van der Waals surface area (Å²) in [7, 11) is 1.54. The van der Waals surface area contributed by atoms with Crippen LogP contribution in [-0.2, 0) is 4.74 Å². The number of nitrogens with zero attached hydrogens (tertiary/aromatic N) is 1. The Morgan fingerprint density at radius 2 is 2.00 bits per heavy atom. The number of nitrogens with one attached hydrogen (secondary N) is 2. The van der Waals surface area contributed by atoms with E-state index in [0.717, 1.165) is 0 Å². The highest BCUT2D eigenvalue weighted by atomic mass is 19.4. The molecule has 0 aliphatic heterocycles. The molecule has 9 heteroatoms. The van der Waals surface area contributed by atoms with Gasteiger partial charge in [-0.2, -0.15) is 13.2 Å². The van der Waals surface area contributed by atoms with Gasteiger partial charge in [0.25, 0.3) is 0 Å². The lowest BCUT2D eigenvalue weighted by molar-refractivity contribution is -0.383. The van der Waals surface area contributed by atoms with E-state index < -0.39 is 17.7 Å². The van der Waals surface area contributed by atoms with Crippen molar-refractivity contribution >= 4 is 17.1 Å². The van der Waals surface area contributed by atoms with Crippen molar-refractivity contribution in [1.29, 1.82) is 0 Å². The molecule has 0 aromatic heterocycles. The SMILES string of the molecule is CNc1cccc(NCCOCC(F)(F)F)c1[N+](=O)[O-]. The molecule has 2 N–H and O–H groups in total. The fourth-order valence-corrected chi connectivity index (χ4v) is 1.53. The van der Waals surface area contributed by atoms with E-state index in [1.807, 2.05) is 0 Å². The van der Waals surface area contributed by atoms with Gasteiger partial charge in [-0.15, -0.1) is 0 Å². The Kier molecular flexibility index (Phi) is 5.56. The average molecular weight is 293 g/mol. The third-order valence-electron chi connectivity index (χ3n) is 2.32. The minimum absolute atomic E-state index is 0.0318. The van der Waals surface area contributed by atoms with Crippen LogP contribution in [0.4, 0.5) is 30.2 Å². The summed E-state index contributed by atoms with van der Waals surface area (Å²) in [6.45, 7) is -1.52. The number of hydrogen-bond acceptors (Lipinski definition) is 5. The number of anilines is 2. The first-order chi connectivity index (χ1) is 9.35. The summed E-state index contributed by atoms with van der Waals surface area (Å²) in [6, 6.07) is 4.60. The molecule has 0 heterocycles. The lowest BCUT2D eigenvalue weighted by Crippen LogP contribution is -2.20. The van der Waals surface area contributed by atoms with E-state index in [9.17, 15) is 23.3 Å². The van der Waals surface area contributed by atoms with Crippen molar-refractivity contribution in [3.05, 3.63) is 28.3 Å². The molecule has 0 amide bonds. The number of para-hydroxylation sites is 1. The molecule has 0 aliphatic carbocycles. The Balaban J connectivity index is 2.58. The van der Waals surface area contributed by atoms with Gasteiger partial charge >= 0.3 is 11.9 Å². The first kappa shape index (κ1) is 16.0. The molecule has 20 heavy (non-hydrogen) atoms. The smallest absolute Gasteiger partial charge is 0.382 e. The Labute approximate surface area is 113 Å². The van der Waals surface area contributed by atoms with Crippen LogP contribution in [0.15, 0.2) is 18.2 Å². The topological polar surface area (TPSA) is 76.4 Å². The first-order valence-corrected chi connectivity index (χ1v) is 5.68. The van der Waals surface area contributed by atoms with E-state index in [1.54, 1.807) is 13.1 Å². The zero-order chi connectivity index (χ0) is 15.2. The molecular formula is C11H14F3N3O3. The molecule has 0 fully saturated rings. The van der Waals surface area contributed by atoms with Gasteiger partial charge in [0.15, 0.2) is 0 Å². The number of hydrogen-bond donors (Lipinski definition) is 2. The van der Waals surface area contributed by atoms with Gasteiger partial charge in [-0.05, 0) is 12.1 Å². The molecule has 0 unspecified atom stereocenters. The minimum atomic E-state index is -4.38. The predicted molar refractivity (Wildman–Crippen MR) is 68.0 cm³/mol.